The van der Waals surface area contributed by atoms with Gasteiger partial charge in [0.25, 0.3) is 0 Å². The van der Waals surface area contributed by atoms with Gasteiger partial charge in [0.05, 0.1) is 16.7 Å². The molecule has 4 aromatic rings. The maximum Gasteiger partial charge on any atom is 0.335 e. The van der Waals surface area contributed by atoms with E-state index in [1.165, 1.54) is 5.56 Å². The fraction of sp³-hybridized carbons (Fsp3) is 0.235. The van der Waals surface area contributed by atoms with Gasteiger partial charge in [0.15, 0.2) is 0 Å². The number of hydrogen-bond acceptors (Lipinski definition) is 5. The lowest BCUT2D eigenvalue weighted by atomic mass is 9.75. The summed E-state index contributed by atoms with van der Waals surface area (Å²) in [5.74, 6) is 0.616. The van der Waals surface area contributed by atoms with E-state index in [1.54, 1.807) is 6.07 Å². The van der Waals surface area contributed by atoms with Crippen molar-refractivity contribution in [2.75, 3.05) is 11.4 Å². The highest BCUT2D eigenvalue weighted by Gasteiger charge is 2.60. The zero-order valence-corrected chi connectivity index (χ0v) is 23.9. The Labute approximate surface area is 239 Å². The molecule has 6 heteroatoms. The third-order valence-electron chi connectivity index (χ3n) is 8.08. The number of halogens is 1. The summed E-state index contributed by atoms with van der Waals surface area (Å²) >= 11 is 6.84. The van der Waals surface area contributed by atoms with Crippen LogP contribution in [0.15, 0.2) is 78.3 Å². The molecule has 4 aromatic carbocycles. The zero-order chi connectivity index (χ0) is 28.2. The molecule has 202 valence electrons. The molecule has 0 aliphatic carbocycles. The van der Waals surface area contributed by atoms with Crippen LogP contribution in [0.25, 0.3) is 27.6 Å². The van der Waals surface area contributed by atoms with E-state index in [1.807, 2.05) is 49.6 Å². The molecule has 0 fully saturated rings. The first-order chi connectivity index (χ1) is 19.3. The Balaban J connectivity index is 1.60. The summed E-state index contributed by atoms with van der Waals surface area (Å²) in [6.07, 6.45) is 7.99. The van der Waals surface area contributed by atoms with Crippen molar-refractivity contribution in [3.63, 3.8) is 0 Å². The largest absolute Gasteiger partial charge is 0.459 e. The normalized spacial score (nSPS) is 18.8. The maximum absolute atomic E-state index is 12.1. The van der Waals surface area contributed by atoms with E-state index in [2.05, 4.69) is 56.5 Å². The van der Waals surface area contributed by atoms with Gasteiger partial charge in [0, 0.05) is 34.5 Å². The first kappa shape index (κ1) is 26.1. The van der Waals surface area contributed by atoms with Crippen LogP contribution in [-0.4, -0.2) is 24.5 Å². The van der Waals surface area contributed by atoms with E-state index >= 15 is 0 Å². The SMILES string of the molecule is C=CC(=O)Oc1cccc2c3c(cc(/C=C/C)c12)OC1(C=N3)N(CCC)c2cc(Cl)c3ccccc3c2C1(C)C. The minimum atomic E-state index is -0.875. The van der Waals surface area contributed by atoms with Crippen molar-refractivity contribution in [3.05, 3.63) is 89.5 Å². The van der Waals surface area contributed by atoms with Crippen molar-refractivity contribution >= 4 is 62.8 Å². The number of fused-ring (bicyclic) bond motifs is 6. The molecule has 0 amide bonds. The molecule has 0 saturated carbocycles. The van der Waals surface area contributed by atoms with Crippen molar-refractivity contribution in [2.24, 2.45) is 4.99 Å². The molecule has 2 heterocycles. The van der Waals surface area contributed by atoms with Crippen LogP contribution in [0.2, 0.25) is 5.02 Å². The topological polar surface area (TPSA) is 51.1 Å². The lowest BCUT2D eigenvalue weighted by Gasteiger charge is -2.46. The summed E-state index contributed by atoms with van der Waals surface area (Å²) in [6, 6.07) is 18.0. The Bertz CT molecular complexity index is 1770. The van der Waals surface area contributed by atoms with Crippen LogP contribution >= 0.6 is 11.6 Å². The van der Waals surface area contributed by atoms with Gasteiger partial charge in [-0.05, 0) is 61.9 Å². The van der Waals surface area contributed by atoms with Crippen LogP contribution in [0.1, 0.15) is 45.2 Å². The van der Waals surface area contributed by atoms with E-state index in [9.17, 15) is 4.79 Å². The van der Waals surface area contributed by atoms with Crippen LogP contribution in [-0.2, 0) is 10.2 Å². The average molecular weight is 551 g/mol. The van der Waals surface area contributed by atoms with Gasteiger partial charge in [-0.1, -0.05) is 73.7 Å². The summed E-state index contributed by atoms with van der Waals surface area (Å²) in [5, 5.41) is 4.51. The van der Waals surface area contributed by atoms with Gasteiger partial charge in [-0.25, -0.2) is 4.79 Å². The Morgan fingerprint density at radius 2 is 1.88 bits per heavy atom. The molecule has 40 heavy (non-hydrogen) atoms. The second-order valence-electron chi connectivity index (χ2n) is 10.7. The van der Waals surface area contributed by atoms with Gasteiger partial charge >= 0.3 is 5.97 Å². The highest BCUT2D eigenvalue weighted by atomic mass is 35.5. The summed E-state index contributed by atoms with van der Waals surface area (Å²) in [5.41, 5.74) is 2.50. The predicted octanol–water partition coefficient (Wildman–Crippen LogP) is 8.77. The smallest absolute Gasteiger partial charge is 0.335 e. The molecule has 0 N–H and O–H groups in total. The molecule has 5 nitrogen and oxygen atoms in total. The van der Waals surface area contributed by atoms with E-state index in [-0.39, 0.29) is 0 Å². The van der Waals surface area contributed by atoms with Gasteiger partial charge in [-0.3, -0.25) is 4.99 Å². The third kappa shape index (κ3) is 3.61. The standard InChI is InChI=1S/C34H31ClN2O3/c1-6-12-21-18-28-32(24-15-11-16-27(30(21)24)39-29(38)8-3)36-20-34(40-28)33(4,5)31-23-14-10-9-13-22(23)25(35)19-26(31)37(34)17-7-2/h6,8-16,18-20H,3,7,17H2,1-2,4-5H3/b12-6+. The highest BCUT2D eigenvalue weighted by molar-refractivity contribution is 6.36. The van der Waals surface area contributed by atoms with E-state index < -0.39 is 17.1 Å². The molecule has 2 aliphatic heterocycles. The molecule has 0 bridgehead atoms. The van der Waals surface area contributed by atoms with Crippen molar-refractivity contribution < 1.29 is 14.3 Å². The molecule has 0 aromatic heterocycles. The molecule has 2 aliphatic rings. The number of rotatable bonds is 5. The number of benzene rings is 4. The van der Waals surface area contributed by atoms with Gasteiger partial charge in [-0.2, -0.15) is 0 Å². The summed E-state index contributed by atoms with van der Waals surface area (Å²) in [6.45, 7) is 12.9. The van der Waals surface area contributed by atoms with Crippen molar-refractivity contribution in [1.82, 2.24) is 0 Å². The van der Waals surface area contributed by atoms with Crippen LogP contribution in [0.5, 0.6) is 11.5 Å². The lowest BCUT2D eigenvalue weighted by molar-refractivity contribution is -0.128. The Morgan fingerprint density at radius 1 is 1.12 bits per heavy atom. The second kappa shape index (κ2) is 9.53. The quantitative estimate of drug-likeness (QED) is 0.141. The molecule has 0 radical (unpaired) electrons. The van der Waals surface area contributed by atoms with Gasteiger partial charge in [0.2, 0.25) is 5.72 Å². The Kier molecular flexibility index (Phi) is 6.23. The van der Waals surface area contributed by atoms with Crippen LogP contribution in [0.4, 0.5) is 11.4 Å². The number of ether oxygens (including phenoxy) is 2. The number of hydrogen-bond donors (Lipinski definition) is 0. The Hall–Kier alpha value is -4.09. The molecule has 1 unspecified atom stereocenters. The zero-order valence-electron chi connectivity index (χ0n) is 23.1. The molecular weight excluding hydrogens is 520 g/mol. The number of aliphatic imine (C=N–C) groups is 1. The first-order valence-electron chi connectivity index (χ1n) is 13.6. The minimum absolute atomic E-state index is 0.455. The van der Waals surface area contributed by atoms with Crippen molar-refractivity contribution in [3.8, 4) is 11.5 Å². The minimum Gasteiger partial charge on any atom is -0.459 e. The molecular formula is C34H31ClN2O3. The fourth-order valence-corrected chi connectivity index (χ4v) is 6.62. The van der Waals surface area contributed by atoms with Crippen LogP contribution < -0.4 is 14.4 Å². The van der Waals surface area contributed by atoms with Crippen LogP contribution in [0.3, 0.4) is 0 Å². The highest BCUT2D eigenvalue weighted by Crippen LogP contribution is 2.58. The Morgan fingerprint density at radius 3 is 2.60 bits per heavy atom. The van der Waals surface area contributed by atoms with Gasteiger partial charge in [-0.15, -0.1) is 0 Å². The summed E-state index contributed by atoms with van der Waals surface area (Å²) < 4.78 is 12.8. The van der Waals surface area contributed by atoms with Gasteiger partial charge in [0.1, 0.15) is 17.2 Å². The van der Waals surface area contributed by atoms with Crippen molar-refractivity contribution in [1.29, 1.82) is 0 Å². The summed E-state index contributed by atoms with van der Waals surface area (Å²) in [7, 11) is 0. The number of allylic oxidation sites excluding steroid dienone is 1. The monoisotopic (exact) mass is 550 g/mol. The fourth-order valence-electron chi connectivity index (χ4n) is 6.35. The van der Waals surface area contributed by atoms with E-state index in [4.69, 9.17) is 26.1 Å². The third-order valence-corrected chi connectivity index (χ3v) is 8.39. The number of esters is 1. The van der Waals surface area contributed by atoms with Crippen molar-refractivity contribution in [2.45, 2.75) is 45.3 Å². The van der Waals surface area contributed by atoms with E-state index in [0.29, 0.717) is 17.2 Å². The van der Waals surface area contributed by atoms with Gasteiger partial charge < -0.3 is 14.4 Å². The maximum atomic E-state index is 12.1. The molecule has 1 atom stereocenters. The second-order valence-corrected chi connectivity index (χ2v) is 11.2. The molecule has 1 spiro atoms. The first-order valence-corrected chi connectivity index (χ1v) is 14.0. The average Bonchev–Trinajstić information content (AvgIpc) is 3.11. The number of nitrogens with zero attached hydrogens (tertiary/aromatic N) is 2. The number of anilines is 1. The molecule has 6 rings (SSSR count). The van der Waals surface area contributed by atoms with Crippen LogP contribution in [0, 0.1) is 0 Å². The predicted molar refractivity (Wildman–Crippen MR) is 166 cm³/mol. The van der Waals surface area contributed by atoms with E-state index in [0.717, 1.165) is 56.9 Å². The lowest BCUT2D eigenvalue weighted by Crippen LogP contribution is -2.62. The summed E-state index contributed by atoms with van der Waals surface area (Å²) in [4.78, 5) is 19.5. The number of carbonyl (C=O) groups is 1. The number of carbonyl (C=O) groups excluding carboxylic acids is 1. The molecule has 0 saturated heterocycles.